The van der Waals surface area contributed by atoms with E-state index >= 15 is 0 Å². The van der Waals surface area contributed by atoms with E-state index in [-0.39, 0.29) is 24.4 Å². The molecule has 0 aliphatic carbocycles. The molecule has 0 unspecified atom stereocenters. The van der Waals surface area contributed by atoms with Gasteiger partial charge in [0, 0.05) is 25.9 Å². The van der Waals surface area contributed by atoms with Crippen LogP contribution < -0.4 is 5.32 Å². The Kier molecular flexibility index (Phi) is 4.68. The van der Waals surface area contributed by atoms with Gasteiger partial charge in [0.25, 0.3) is 0 Å². The quantitative estimate of drug-likeness (QED) is 0.793. The second-order valence-electron chi connectivity index (χ2n) is 4.99. The average Bonchev–Trinajstić information content (AvgIpc) is 2.79. The van der Waals surface area contributed by atoms with E-state index in [9.17, 15) is 14.7 Å². The molecule has 20 heavy (non-hydrogen) atoms. The van der Waals surface area contributed by atoms with Crippen LogP contribution in [0.15, 0.2) is 24.5 Å². The summed E-state index contributed by atoms with van der Waals surface area (Å²) >= 11 is 0. The van der Waals surface area contributed by atoms with Gasteiger partial charge in [0.1, 0.15) is 0 Å². The molecule has 2 rings (SSSR count). The first-order valence-electron chi connectivity index (χ1n) is 6.69. The first kappa shape index (κ1) is 14.5. The van der Waals surface area contributed by atoms with Crippen molar-refractivity contribution in [3.8, 4) is 0 Å². The number of nitrogens with zero attached hydrogens (tertiary/aromatic N) is 2. The highest BCUT2D eigenvalue weighted by Gasteiger charge is 2.35. The van der Waals surface area contributed by atoms with E-state index in [1.54, 1.807) is 17.3 Å². The number of hydrogen-bond acceptors (Lipinski definition) is 4. The number of aromatic nitrogens is 1. The van der Waals surface area contributed by atoms with Crippen LogP contribution in [0.25, 0.3) is 0 Å². The third-order valence-corrected chi connectivity index (χ3v) is 3.49. The third-order valence-electron chi connectivity index (χ3n) is 3.49. The number of carbonyl (C=O) groups is 2. The number of rotatable bonds is 4. The molecule has 0 spiro atoms. The highest BCUT2D eigenvalue weighted by Crippen LogP contribution is 2.21. The van der Waals surface area contributed by atoms with Gasteiger partial charge in [-0.15, -0.1) is 0 Å². The van der Waals surface area contributed by atoms with E-state index in [0.717, 1.165) is 5.56 Å². The van der Waals surface area contributed by atoms with E-state index in [2.05, 4.69) is 10.3 Å². The summed E-state index contributed by atoms with van der Waals surface area (Å²) in [4.78, 5) is 28.6. The fourth-order valence-electron chi connectivity index (χ4n) is 2.46. The van der Waals surface area contributed by atoms with Crippen LogP contribution in [0.5, 0.6) is 0 Å². The Morgan fingerprint density at radius 2 is 2.35 bits per heavy atom. The highest BCUT2D eigenvalue weighted by molar-refractivity contribution is 5.84. The van der Waals surface area contributed by atoms with Crippen LogP contribution in [0.2, 0.25) is 0 Å². The second-order valence-corrected chi connectivity index (χ2v) is 4.99. The number of amides is 2. The molecule has 6 nitrogen and oxygen atoms in total. The number of hydrogen-bond donors (Lipinski definition) is 2. The molecular weight excluding hydrogens is 258 g/mol. The Labute approximate surface area is 117 Å². The summed E-state index contributed by atoms with van der Waals surface area (Å²) in [5.74, 6) is -0.396. The number of pyridine rings is 1. The molecule has 1 saturated heterocycles. The Hall–Kier alpha value is -1.95. The molecule has 1 aromatic heterocycles. The van der Waals surface area contributed by atoms with Crippen molar-refractivity contribution in [2.24, 2.45) is 0 Å². The third kappa shape index (κ3) is 3.54. The number of aliphatic hydroxyl groups is 1. The topological polar surface area (TPSA) is 82.5 Å². The molecule has 1 aliphatic heterocycles. The molecule has 2 atom stereocenters. The van der Waals surface area contributed by atoms with Crippen LogP contribution in [0.1, 0.15) is 18.9 Å². The standard InChI is InChI=1S/C14H19N3O3/c1-10(18)16-9-14(20)17-6-4-13(19)12(17)7-11-3-2-5-15-8-11/h2-3,5,8,12-13,19H,4,6-7,9H2,1H3,(H,16,18)/t12-,13-/m0/s1. The zero-order valence-corrected chi connectivity index (χ0v) is 11.5. The molecule has 6 heteroatoms. The predicted molar refractivity (Wildman–Crippen MR) is 72.7 cm³/mol. The van der Waals surface area contributed by atoms with E-state index in [4.69, 9.17) is 0 Å². The lowest BCUT2D eigenvalue weighted by atomic mass is 10.0. The van der Waals surface area contributed by atoms with Gasteiger partial charge in [0.05, 0.1) is 18.7 Å². The van der Waals surface area contributed by atoms with Crippen molar-refractivity contribution in [2.45, 2.75) is 31.9 Å². The van der Waals surface area contributed by atoms with Crippen molar-refractivity contribution in [3.63, 3.8) is 0 Å². The Morgan fingerprint density at radius 1 is 1.55 bits per heavy atom. The monoisotopic (exact) mass is 277 g/mol. The van der Waals surface area contributed by atoms with Gasteiger partial charge in [-0.3, -0.25) is 14.6 Å². The second kappa shape index (κ2) is 6.47. The number of likely N-dealkylation sites (tertiary alicyclic amines) is 1. The average molecular weight is 277 g/mol. The lowest BCUT2D eigenvalue weighted by Crippen LogP contribution is -2.45. The highest BCUT2D eigenvalue weighted by atomic mass is 16.3. The summed E-state index contributed by atoms with van der Waals surface area (Å²) in [7, 11) is 0. The SMILES string of the molecule is CC(=O)NCC(=O)N1CC[C@H](O)[C@@H]1Cc1cccnc1. The van der Waals surface area contributed by atoms with Crippen molar-refractivity contribution in [2.75, 3.05) is 13.1 Å². The van der Waals surface area contributed by atoms with Gasteiger partial charge in [-0.25, -0.2) is 0 Å². The van der Waals surface area contributed by atoms with Crippen molar-refractivity contribution in [1.29, 1.82) is 0 Å². The van der Waals surface area contributed by atoms with Crippen LogP contribution in [0.4, 0.5) is 0 Å². The predicted octanol–water partition coefficient (Wildman–Crippen LogP) is -0.278. The van der Waals surface area contributed by atoms with Crippen molar-refractivity contribution >= 4 is 11.8 Å². The molecule has 1 fully saturated rings. The Morgan fingerprint density at radius 3 is 3.00 bits per heavy atom. The van der Waals surface area contributed by atoms with Gasteiger partial charge >= 0.3 is 0 Å². The van der Waals surface area contributed by atoms with Crippen LogP contribution in [-0.2, 0) is 16.0 Å². The molecule has 0 saturated carbocycles. The zero-order chi connectivity index (χ0) is 14.5. The van der Waals surface area contributed by atoms with E-state index < -0.39 is 6.10 Å². The van der Waals surface area contributed by atoms with Crippen LogP contribution in [0.3, 0.4) is 0 Å². The summed E-state index contributed by atoms with van der Waals surface area (Å²) in [6, 6.07) is 3.51. The van der Waals surface area contributed by atoms with Crippen molar-refractivity contribution in [1.82, 2.24) is 15.2 Å². The van der Waals surface area contributed by atoms with Gasteiger partial charge in [0.15, 0.2) is 0 Å². The van der Waals surface area contributed by atoms with Crippen LogP contribution >= 0.6 is 0 Å². The van der Waals surface area contributed by atoms with Crippen molar-refractivity contribution < 1.29 is 14.7 Å². The first-order chi connectivity index (χ1) is 9.58. The van der Waals surface area contributed by atoms with Gasteiger partial charge in [0.2, 0.25) is 11.8 Å². The minimum atomic E-state index is -0.531. The summed E-state index contributed by atoms with van der Waals surface area (Å²) in [5.41, 5.74) is 0.982. The number of carbonyl (C=O) groups excluding carboxylic acids is 2. The molecule has 0 radical (unpaired) electrons. The maximum absolute atomic E-state index is 12.1. The van der Waals surface area contributed by atoms with Gasteiger partial charge in [-0.1, -0.05) is 6.07 Å². The molecule has 2 N–H and O–H groups in total. The van der Waals surface area contributed by atoms with Gasteiger partial charge < -0.3 is 15.3 Å². The lowest BCUT2D eigenvalue weighted by Gasteiger charge is -2.26. The Balaban J connectivity index is 2.01. The minimum absolute atomic E-state index is 0.0222. The zero-order valence-electron chi connectivity index (χ0n) is 11.5. The summed E-state index contributed by atoms with van der Waals surface area (Å²) in [6.45, 7) is 1.87. The minimum Gasteiger partial charge on any atom is -0.391 e. The Bertz CT molecular complexity index is 478. The lowest BCUT2D eigenvalue weighted by molar-refractivity contribution is -0.133. The van der Waals surface area contributed by atoms with E-state index in [1.807, 2.05) is 12.1 Å². The van der Waals surface area contributed by atoms with E-state index in [1.165, 1.54) is 6.92 Å². The van der Waals surface area contributed by atoms with Gasteiger partial charge in [-0.05, 0) is 24.5 Å². The molecule has 0 bridgehead atoms. The maximum Gasteiger partial charge on any atom is 0.242 e. The fraction of sp³-hybridized carbons (Fsp3) is 0.500. The van der Waals surface area contributed by atoms with Crippen LogP contribution in [-0.4, -0.2) is 52.0 Å². The maximum atomic E-state index is 12.1. The summed E-state index contributed by atoms with van der Waals surface area (Å²) in [5, 5.41) is 12.5. The smallest absolute Gasteiger partial charge is 0.242 e. The van der Waals surface area contributed by atoms with E-state index in [0.29, 0.717) is 19.4 Å². The number of nitrogens with one attached hydrogen (secondary N) is 1. The molecule has 1 aromatic rings. The summed E-state index contributed by atoms with van der Waals surface area (Å²) in [6.07, 6.45) is 4.03. The molecular formula is C14H19N3O3. The largest absolute Gasteiger partial charge is 0.391 e. The molecule has 0 aromatic carbocycles. The molecule has 1 aliphatic rings. The number of aliphatic hydroxyl groups excluding tert-OH is 1. The molecule has 2 heterocycles. The first-order valence-corrected chi connectivity index (χ1v) is 6.69. The fourth-order valence-corrected chi connectivity index (χ4v) is 2.46. The van der Waals surface area contributed by atoms with Gasteiger partial charge in [-0.2, -0.15) is 0 Å². The molecule has 108 valence electrons. The summed E-state index contributed by atoms with van der Waals surface area (Å²) < 4.78 is 0. The molecule has 2 amide bonds. The van der Waals surface area contributed by atoms with Crippen molar-refractivity contribution in [3.05, 3.63) is 30.1 Å². The normalized spacial score (nSPS) is 21.8. The van der Waals surface area contributed by atoms with Crippen LogP contribution in [0, 0.1) is 0 Å².